The van der Waals surface area contributed by atoms with E-state index in [1.807, 2.05) is 30.9 Å². The summed E-state index contributed by atoms with van der Waals surface area (Å²) in [6, 6.07) is 6.79. The van der Waals surface area contributed by atoms with E-state index >= 15 is 0 Å². The Morgan fingerprint density at radius 1 is 1.28 bits per heavy atom. The predicted octanol–water partition coefficient (Wildman–Crippen LogP) is 2.44. The van der Waals surface area contributed by atoms with Crippen LogP contribution in [0.2, 0.25) is 0 Å². The number of carbonyl (C=O) groups is 1. The molecule has 3 rings (SSSR count). The lowest BCUT2D eigenvalue weighted by molar-refractivity contribution is -0.135. The molecule has 2 aromatic rings. The van der Waals surface area contributed by atoms with Crippen LogP contribution in [0.1, 0.15) is 29.4 Å². The molecule has 0 saturated carbocycles. The van der Waals surface area contributed by atoms with Gasteiger partial charge in [0.05, 0.1) is 12.1 Å². The van der Waals surface area contributed by atoms with Crippen molar-refractivity contribution in [2.45, 2.75) is 39.8 Å². The second-order valence-corrected chi connectivity index (χ2v) is 6.89. The van der Waals surface area contributed by atoms with Crippen LogP contribution in [0.4, 0.5) is 4.39 Å². The molecule has 6 heteroatoms. The van der Waals surface area contributed by atoms with E-state index < -0.39 is 0 Å². The van der Waals surface area contributed by atoms with Crippen molar-refractivity contribution in [1.29, 1.82) is 0 Å². The van der Waals surface area contributed by atoms with Crippen molar-refractivity contribution < 1.29 is 9.18 Å². The maximum atomic E-state index is 13.0. The highest BCUT2D eigenvalue weighted by Gasteiger charge is 2.28. The van der Waals surface area contributed by atoms with Gasteiger partial charge < -0.3 is 4.90 Å². The molecule has 1 amide bonds. The van der Waals surface area contributed by atoms with Gasteiger partial charge in [-0.2, -0.15) is 5.10 Å². The van der Waals surface area contributed by atoms with E-state index in [0.717, 1.165) is 48.7 Å². The minimum Gasteiger partial charge on any atom is -0.337 e. The number of piperazine rings is 1. The van der Waals surface area contributed by atoms with Crippen LogP contribution in [0.15, 0.2) is 24.3 Å². The lowest BCUT2D eigenvalue weighted by Gasteiger charge is -2.40. The first kappa shape index (κ1) is 17.6. The summed E-state index contributed by atoms with van der Waals surface area (Å²) >= 11 is 0. The van der Waals surface area contributed by atoms with Crippen molar-refractivity contribution in [3.63, 3.8) is 0 Å². The van der Waals surface area contributed by atoms with Crippen LogP contribution in [0.3, 0.4) is 0 Å². The quantitative estimate of drug-likeness (QED) is 0.927. The zero-order valence-corrected chi connectivity index (χ0v) is 15.1. The third kappa shape index (κ3) is 4.07. The molecule has 1 aromatic heterocycles. The molecule has 1 saturated heterocycles. The second-order valence-electron chi connectivity index (χ2n) is 6.89. The van der Waals surface area contributed by atoms with E-state index in [2.05, 4.69) is 22.0 Å². The van der Waals surface area contributed by atoms with Crippen LogP contribution < -0.4 is 0 Å². The minimum atomic E-state index is -0.211. The largest absolute Gasteiger partial charge is 0.337 e. The van der Waals surface area contributed by atoms with Gasteiger partial charge in [0.1, 0.15) is 5.82 Å². The molecule has 1 atom stereocenters. The smallest absolute Gasteiger partial charge is 0.227 e. The third-order valence-electron chi connectivity index (χ3n) is 4.96. The Balaban J connectivity index is 1.58. The van der Waals surface area contributed by atoms with Crippen molar-refractivity contribution in [1.82, 2.24) is 20.0 Å². The molecule has 1 unspecified atom stereocenters. The summed E-state index contributed by atoms with van der Waals surface area (Å²) < 4.78 is 13.0. The maximum absolute atomic E-state index is 13.0. The number of aromatic nitrogens is 2. The molecule has 1 N–H and O–H groups in total. The van der Waals surface area contributed by atoms with Gasteiger partial charge in [-0.05, 0) is 38.5 Å². The number of amides is 1. The van der Waals surface area contributed by atoms with E-state index in [1.165, 1.54) is 12.1 Å². The van der Waals surface area contributed by atoms with Gasteiger partial charge in [0.2, 0.25) is 5.91 Å². The van der Waals surface area contributed by atoms with E-state index in [1.54, 1.807) is 0 Å². The molecule has 1 aliphatic heterocycles. The third-order valence-corrected chi connectivity index (χ3v) is 4.96. The fraction of sp³-hybridized carbons (Fsp3) is 0.474. The number of halogens is 1. The molecular formula is C19H25FN4O. The van der Waals surface area contributed by atoms with Crippen LogP contribution in [0.25, 0.3) is 0 Å². The number of nitrogens with one attached hydrogen (secondary N) is 1. The number of hydrogen-bond donors (Lipinski definition) is 1. The molecule has 1 aliphatic rings. The molecule has 5 nitrogen and oxygen atoms in total. The Bertz CT molecular complexity index is 721. The fourth-order valence-corrected chi connectivity index (χ4v) is 3.48. The molecule has 1 fully saturated rings. The first-order valence-electron chi connectivity index (χ1n) is 8.70. The van der Waals surface area contributed by atoms with Gasteiger partial charge in [-0.25, -0.2) is 4.39 Å². The van der Waals surface area contributed by atoms with Crippen LogP contribution in [0, 0.1) is 19.7 Å². The SMILES string of the molecule is Cc1n[nH]c(C)c1CC(=O)N1CCN(Cc2ccc(F)cc2)CC1C. The summed E-state index contributed by atoms with van der Waals surface area (Å²) in [6.45, 7) is 9.12. The number of aryl methyl sites for hydroxylation is 2. The highest BCUT2D eigenvalue weighted by Crippen LogP contribution is 2.17. The zero-order chi connectivity index (χ0) is 18.0. The minimum absolute atomic E-state index is 0.154. The van der Waals surface area contributed by atoms with Gasteiger partial charge in [0.25, 0.3) is 0 Å². The van der Waals surface area contributed by atoms with Gasteiger partial charge in [-0.3, -0.25) is 14.8 Å². The van der Waals surface area contributed by atoms with Crippen LogP contribution >= 0.6 is 0 Å². The van der Waals surface area contributed by atoms with Crippen LogP contribution in [-0.2, 0) is 17.8 Å². The maximum Gasteiger partial charge on any atom is 0.227 e. The highest BCUT2D eigenvalue weighted by atomic mass is 19.1. The van der Waals surface area contributed by atoms with E-state index in [4.69, 9.17) is 0 Å². The predicted molar refractivity (Wildman–Crippen MR) is 94.6 cm³/mol. The van der Waals surface area contributed by atoms with Crippen LogP contribution in [0.5, 0.6) is 0 Å². The van der Waals surface area contributed by atoms with Gasteiger partial charge >= 0.3 is 0 Å². The Kier molecular flexibility index (Phi) is 5.18. The Morgan fingerprint density at radius 3 is 2.60 bits per heavy atom. The van der Waals surface area contributed by atoms with Crippen molar-refractivity contribution in [3.05, 3.63) is 52.6 Å². The monoisotopic (exact) mass is 344 g/mol. The number of rotatable bonds is 4. The van der Waals surface area contributed by atoms with E-state index in [9.17, 15) is 9.18 Å². The van der Waals surface area contributed by atoms with Gasteiger partial charge in [0, 0.05) is 43.5 Å². The van der Waals surface area contributed by atoms with Crippen molar-refractivity contribution in [3.8, 4) is 0 Å². The number of benzene rings is 1. The topological polar surface area (TPSA) is 52.2 Å². The van der Waals surface area contributed by atoms with E-state index in [-0.39, 0.29) is 17.8 Å². The Morgan fingerprint density at radius 2 is 2.00 bits per heavy atom. The molecule has 0 bridgehead atoms. The number of nitrogens with zero attached hydrogens (tertiary/aromatic N) is 3. The van der Waals surface area contributed by atoms with Gasteiger partial charge in [-0.1, -0.05) is 12.1 Å². The molecular weight excluding hydrogens is 319 g/mol. The standard InChI is InChI=1S/C19H25FN4O/c1-13-11-23(12-16-4-6-17(20)7-5-16)8-9-24(13)19(25)10-18-14(2)21-22-15(18)3/h4-7,13H,8-12H2,1-3H3,(H,21,22). The summed E-state index contributed by atoms with van der Waals surface area (Å²) in [5.41, 5.74) is 3.96. The molecule has 0 aliphatic carbocycles. The lowest BCUT2D eigenvalue weighted by atomic mass is 10.1. The van der Waals surface area contributed by atoms with Crippen LogP contribution in [-0.4, -0.2) is 51.6 Å². The molecule has 2 heterocycles. The van der Waals surface area contributed by atoms with Gasteiger partial charge in [0.15, 0.2) is 0 Å². The molecule has 1 aromatic carbocycles. The molecule has 134 valence electrons. The molecule has 0 spiro atoms. The Labute approximate surface area is 147 Å². The number of H-pyrrole nitrogens is 1. The van der Waals surface area contributed by atoms with Gasteiger partial charge in [-0.15, -0.1) is 0 Å². The Hall–Kier alpha value is -2.21. The van der Waals surface area contributed by atoms with Crippen molar-refractivity contribution >= 4 is 5.91 Å². The van der Waals surface area contributed by atoms with Crippen molar-refractivity contribution in [2.75, 3.05) is 19.6 Å². The summed E-state index contributed by atoms with van der Waals surface area (Å²) in [6.07, 6.45) is 0.399. The summed E-state index contributed by atoms with van der Waals surface area (Å²) in [5.74, 6) is -0.0566. The lowest BCUT2D eigenvalue weighted by Crippen LogP contribution is -2.54. The molecule has 25 heavy (non-hydrogen) atoms. The van der Waals surface area contributed by atoms with E-state index in [0.29, 0.717) is 6.42 Å². The highest BCUT2D eigenvalue weighted by molar-refractivity contribution is 5.79. The van der Waals surface area contributed by atoms with Crippen molar-refractivity contribution in [2.24, 2.45) is 0 Å². The average Bonchev–Trinajstić information content (AvgIpc) is 2.89. The number of hydrogen-bond acceptors (Lipinski definition) is 3. The molecule has 0 radical (unpaired) electrons. The normalized spacial score (nSPS) is 18.6. The first-order chi connectivity index (χ1) is 11.9. The second kappa shape index (κ2) is 7.35. The summed E-state index contributed by atoms with van der Waals surface area (Å²) in [4.78, 5) is 17.0. The number of aromatic amines is 1. The fourth-order valence-electron chi connectivity index (χ4n) is 3.48. The first-order valence-corrected chi connectivity index (χ1v) is 8.70. The average molecular weight is 344 g/mol. The summed E-state index contributed by atoms with van der Waals surface area (Å²) in [7, 11) is 0. The number of carbonyl (C=O) groups excluding carboxylic acids is 1. The zero-order valence-electron chi connectivity index (χ0n) is 15.1. The summed E-state index contributed by atoms with van der Waals surface area (Å²) in [5, 5.41) is 7.11.